The molecule has 1 N–H and O–H groups in total. The second-order valence-corrected chi connectivity index (χ2v) is 5.44. The largest absolute Gasteiger partial charge is 0.302 e. The van der Waals surface area contributed by atoms with Gasteiger partial charge in [-0.3, -0.25) is 4.79 Å². The van der Waals surface area contributed by atoms with Crippen LogP contribution >= 0.6 is 22.9 Å². The summed E-state index contributed by atoms with van der Waals surface area (Å²) >= 11 is 7.06. The fraction of sp³-hybridized carbons (Fsp3) is 0.286. The molecule has 0 fully saturated rings. The average molecular weight is 295 g/mol. The Morgan fingerprint density at radius 1 is 1.47 bits per heavy atom. The van der Waals surface area contributed by atoms with E-state index in [1.165, 1.54) is 22.5 Å². The Morgan fingerprint density at radius 2 is 2.32 bits per heavy atom. The quantitative estimate of drug-likeness (QED) is 0.853. The molecule has 1 aromatic carbocycles. The molecule has 19 heavy (non-hydrogen) atoms. The van der Waals surface area contributed by atoms with Gasteiger partial charge in [0.25, 0.3) is 0 Å². The van der Waals surface area contributed by atoms with Gasteiger partial charge in [0, 0.05) is 11.8 Å². The van der Waals surface area contributed by atoms with E-state index in [0.29, 0.717) is 17.4 Å². The molecule has 0 aliphatic carbocycles. The number of hydrogen-bond donors (Lipinski definition) is 1. The summed E-state index contributed by atoms with van der Waals surface area (Å²) in [5.74, 6) is 0.354. The molecule has 0 aliphatic heterocycles. The third-order valence-electron chi connectivity index (χ3n) is 2.66. The van der Waals surface area contributed by atoms with Crippen LogP contribution in [0, 0.1) is 6.92 Å². The highest BCUT2D eigenvalue weighted by Crippen LogP contribution is 2.17. The van der Waals surface area contributed by atoms with Crippen molar-refractivity contribution in [2.75, 3.05) is 5.32 Å². The number of nitrogens with one attached hydrogen (secondary N) is 1. The Labute approximate surface area is 121 Å². The number of amides is 1. The van der Waals surface area contributed by atoms with E-state index in [1.54, 1.807) is 0 Å². The Bertz CT molecular complexity index is 568. The SMILES string of the molecule is Cc1cccc(CCC(=O)Nc2nc(CCl)cs2)c1. The molecule has 0 bridgehead atoms. The number of aryl methyl sites for hydroxylation is 2. The van der Waals surface area contributed by atoms with E-state index in [1.807, 2.05) is 30.5 Å². The van der Waals surface area contributed by atoms with Crippen LogP contribution < -0.4 is 5.32 Å². The number of aromatic nitrogens is 1. The van der Waals surface area contributed by atoms with E-state index in [0.717, 1.165) is 12.1 Å². The van der Waals surface area contributed by atoms with Crippen LogP contribution in [0.3, 0.4) is 0 Å². The van der Waals surface area contributed by atoms with E-state index in [2.05, 4.69) is 16.4 Å². The van der Waals surface area contributed by atoms with E-state index in [9.17, 15) is 4.79 Å². The third-order valence-corrected chi connectivity index (χ3v) is 3.74. The van der Waals surface area contributed by atoms with Gasteiger partial charge in [-0.15, -0.1) is 22.9 Å². The Balaban J connectivity index is 1.84. The van der Waals surface area contributed by atoms with Crippen LogP contribution in [0.15, 0.2) is 29.6 Å². The van der Waals surface area contributed by atoms with Crippen LogP contribution in [0.5, 0.6) is 0 Å². The number of halogens is 1. The Hall–Kier alpha value is -1.39. The fourth-order valence-corrected chi connectivity index (χ4v) is 2.69. The van der Waals surface area contributed by atoms with Crippen LogP contribution in [0.2, 0.25) is 0 Å². The van der Waals surface area contributed by atoms with Crippen LogP contribution in [0.1, 0.15) is 23.2 Å². The normalized spacial score (nSPS) is 10.4. The van der Waals surface area contributed by atoms with Crippen molar-refractivity contribution >= 4 is 34.0 Å². The summed E-state index contributed by atoms with van der Waals surface area (Å²) in [5.41, 5.74) is 3.18. The summed E-state index contributed by atoms with van der Waals surface area (Å²) in [4.78, 5) is 16.0. The van der Waals surface area contributed by atoms with Crippen molar-refractivity contribution in [3.8, 4) is 0 Å². The fourth-order valence-electron chi connectivity index (χ4n) is 1.73. The lowest BCUT2D eigenvalue weighted by Crippen LogP contribution is -2.12. The molecular formula is C14H15ClN2OS. The molecule has 2 rings (SSSR count). The van der Waals surface area contributed by atoms with Crippen LogP contribution in [-0.4, -0.2) is 10.9 Å². The summed E-state index contributed by atoms with van der Waals surface area (Å²) in [6.07, 6.45) is 1.19. The first-order valence-electron chi connectivity index (χ1n) is 6.03. The highest BCUT2D eigenvalue weighted by molar-refractivity contribution is 7.13. The van der Waals surface area contributed by atoms with Crippen molar-refractivity contribution in [3.63, 3.8) is 0 Å². The molecule has 0 aliphatic rings. The highest BCUT2D eigenvalue weighted by Gasteiger charge is 2.06. The van der Waals surface area contributed by atoms with Gasteiger partial charge < -0.3 is 5.32 Å². The minimum Gasteiger partial charge on any atom is -0.302 e. The van der Waals surface area contributed by atoms with Crippen molar-refractivity contribution in [2.45, 2.75) is 25.6 Å². The zero-order chi connectivity index (χ0) is 13.7. The number of rotatable bonds is 5. The predicted octanol–water partition coefficient (Wildman–Crippen LogP) is 3.76. The van der Waals surface area contributed by atoms with E-state index in [4.69, 9.17) is 11.6 Å². The first-order valence-corrected chi connectivity index (χ1v) is 7.44. The summed E-state index contributed by atoms with van der Waals surface area (Å²) in [6.45, 7) is 2.05. The number of anilines is 1. The van der Waals surface area contributed by atoms with Gasteiger partial charge in [-0.2, -0.15) is 0 Å². The Kier molecular flexibility index (Phi) is 4.93. The van der Waals surface area contributed by atoms with Crippen molar-refractivity contribution in [1.29, 1.82) is 0 Å². The molecule has 1 aromatic heterocycles. The molecule has 5 heteroatoms. The molecule has 1 amide bonds. The maximum Gasteiger partial charge on any atom is 0.226 e. The van der Waals surface area contributed by atoms with E-state index >= 15 is 0 Å². The van der Waals surface area contributed by atoms with Gasteiger partial charge in [-0.1, -0.05) is 29.8 Å². The Morgan fingerprint density at radius 3 is 3.00 bits per heavy atom. The molecular weight excluding hydrogens is 280 g/mol. The summed E-state index contributed by atoms with van der Waals surface area (Å²) in [6, 6.07) is 8.19. The van der Waals surface area contributed by atoms with Crippen molar-refractivity contribution in [3.05, 3.63) is 46.5 Å². The minimum atomic E-state index is -0.0167. The molecule has 0 radical (unpaired) electrons. The standard InChI is InChI=1S/C14H15ClN2OS/c1-10-3-2-4-11(7-10)5-6-13(18)17-14-16-12(8-15)9-19-14/h2-4,7,9H,5-6,8H2,1H3,(H,16,17,18). The number of thiazole rings is 1. The lowest BCUT2D eigenvalue weighted by Gasteiger charge is -2.03. The number of carbonyl (C=O) groups excluding carboxylic acids is 1. The summed E-state index contributed by atoms with van der Waals surface area (Å²) in [7, 11) is 0. The second-order valence-electron chi connectivity index (χ2n) is 4.31. The highest BCUT2D eigenvalue weighted by atomic mass is 35.5. The van der Waals surface area contributed by atoms with Gasteiger partial charge in [0.05, 0.1) is 11.6 Å². The maximum absolute atomic E-state index is 11.8. The van der Waals surface area contributed by atoms with Crippen molar-refractivity contribution in [2.24, 2.45) is 0 Å². The molecule has 2 aromatic rings. The number of nitrogens with zero attached hydrogens (tertiary/aromatic N) is 1. The third kappa shape index (κ3) is 4.33. The first-order chi connectivity index (χ1) is 9.17. The molecule has 100 valence electrons. The number of hydrogen-bond acceptors (Lipinski definition) is 3. The van der Waals surface area contributed by atoms with Crippen LogP contribution in [0.25, 0.3) is 0 Å². The van der Waals surface area contributed by atoms with Crippen LogP contribution in [-0.2, 0) is 17.1 Å². The van der Waals surface area contributed by atoms with Gasteiger partial charge in [-0.05, 0) is 18.9 Å². The summed E-state index contributed by atoms with van der Waals surface area (Å²) in [5, 5.41) is 5.26. The lowest BCUT2D eigenvalue weighted by molar-refractivity contribution is -0.116. The number of carbonyl (C=O) groups is 1. The van der Waals surface area contributed by atoms with Gasteiger partial charge in [-0.25, -0.2) is 4.98 Å². The maximum atomic E-state index is 11.8. The van der Waals surface area contributed by atoms with Gasteiger partial charge in [0.2, 0.25) is 5.91 Å². The summed E-state index contributed by atoms with van der Waals surface area (Å²) < 4.78 is 0. The van der Waals surface area contributed by atoms with Crippen molar-refractivity contribution in [1.82, 2.24) is 4.98 Å². The zero-order valence-electron chi connectivity index (χ0n) is 10.6. The van der Waals surface area contributed by atoms with Gasteiger partial charge in [0.1, 0.15) is 0 Å². The molecule has 0 spiro atoms. The molecule has 0 unspecified atom stereocenters. The zero-order valence-corrected chi connectivity index (χ0v) is 12.2. The number of benzene rings is 1. The van der Waals surface area contributed by atoms with Crippen molar-refractivity contribution < 1.29 is 4.79 Å². The predicted molar refractivity (Wildman–Crippen MR) is 79.8 cm³/mol. The second kappa shape index (κ2) is 6.68. The molecule has 0 saturated carbocycles. The van der Waals surface area contributed by atoms with Crippen LogP contribution in [0.4, 0.5) is 5.13 Å². The lowest BCUT2D eigenvalue weighted by atomic mass is 10.1. The first kappa shape index (κ1) is 14.0. The monoisotopic (exact) mass is 294 g/mol. The molecule has 0 saturated heterocycles. The number of alkyl halides is 1. The molecule has 0 atom stereocenters. The van der Waals surface area contributed by atoms with E-state index in [-0.39, 0.29) is 5.91 Å². The molecule has 1 heterocycles. The molecule has 3 nitrogen and oxygen atoms in total. The van der Waals surface area contributed by atoms with Gasteiger partial charge >= 0.3 is 0 Å². The average Bonchev–Trinajstić information content (AvgIpc) is 2.84. The minimum absolute atomic E-state index is 0.0167. The smallest absolute Gasteiger partial charge is 0.226 e. The topological polar surface area (TPSA) is 42.0 Å². The van der Waals surface area contributed by atoms with E-state index < -0.39 is 0 Å². The van der Waals surface area contributed by atoms with Gasteiger partial charge in [0.15, 0.2) is 5.13 Å².